The van der Waals surface area contributed by atoms with Gasteiger partial charge in [0, 0.05) is 29.1 Å². The first kappa shape index (κ1) is 12.2. The summed E-state index contributed by atoms with van der Waals surface area (Å²) < 4.78 is 0. The molecule has 0 saturated carbocycles. The van der Waals surface area contributed by atoms with Crippen LogP contribution in [-0.4, -0.2) is 27.7 Å². The van der Waals surface area contributed by atoms with E-state index in [1.807, 2.05) is 29.2 Å². The van der Waals surface area contributed by atoms with Crippen molar-refractivity contribution < 1.29 is 4.79 Å². The number of rotatable bonds is 1. The second-order valence-electron chi connectivity index (χ2n) is 4.39. The number of benzene rings is 1. The summed E-state index contributed by atoms with van der Waals surface area (Å²) in [6, 6.07) is 8.12. The van der Waals surface area contributed by atoms with Crippen LogP contribution in [0.5, 0.6) is 0 Å². The van der Waals surface area contributed by atoms with Gasteiger partial charge in [-0.25, -0.2) is 4.98 Å². The molecule has 1 atom stereocenters. The molecule has 1 aromatic heterocycles. The Morgan fingerprint density at radius 1 is 1.37 bits per heavy atom. The van der Waals surface area contributed by atoms with Gasteiger partial charge in [0.2, 0.25) is 0 Å². The van der Waals surface area contributed by atoms with E-state index in [9.17, 15) is 4.79 Å². The minimum Gasteiger partial charge on any atom is -0.302 e. The molecule has 1 amide bonds. The van der Waals surface area contributed by atoms with E-state index in [2.05, 4.69) is 16.9 Å². The van der Waals surface area contributed by atoms with E-state index in [0.717, 1.165) is 16.3 Å². The van der Waals surface area contributed by atoms with Gasteiger partial charge in [-0.05, 0) is 19.1 Å². The van der Waals surface area contributed by atoms with Crippen molar-refractivity contribution in [1.29, 1.82) is 0 Å². The number of hydrogen-bond acceptors (Lipinski definition) is 4. The lowest BCUT2D eigenvalue weighted by molar-refractivity contribution is 0.0974. The fraction of sp³-hybridized carbons (Fsp3) is 0.214. The third-order valence-electron chi connectivity index (χ3n) is 3.05. The number of aromatic nitrogens is 2. The van der Waals surface area contributed by atoms with E-state index in [1.54, 1.807) is 24.2 Å². The summed E-state index contributed by atoms with van der Waals surface area (Å²) in [5.41, 5.74) is 1.35. The molecular weight excluding hydrogens is 258 g/mol. The molecule has 0 N–H and O–H groups in total. The summed E-state index contributed by atoms with van der Waals surface area (Å²) >= 11 is 1.78. The van der Waals surface area contributed by atoms with Gasteiger partial charge in [0.05, 0.1) is 11.9 Å². The first-order chi connectivity index (χ1) is 9.27. The highest BCUT2D eigenvalue weighted by molar-refractivity contribution is 7.99. The Balaban J connectivity index is 2.02. The summed E-state index contributed by atoms with van der Waals surface area (Å²) in [6.07, 6.45) is 4.63. The summed E-state index contributed by atoms with van der Waals surface area (Å²) in [7, 11) is 0. The number of thioether (sulfide) groups is 1. The molecule has 4 nitrogen and oxygen atoms in total. The predicted molar refractivity (Wildman–Crippen MR) is 75.5 cm³/mol. The quantitative estimate of drug-likeness (QED) is 0.800. The number of carbonyl (C=O) groups is 1. The van der Waals surface area contributed by atoms with Crippen LogP contribution in [0.1, 0.15) is 17.4 Å². The van der Waals surface area contributed by atoms with Crippen LogP contribution in [0.15, 0.2) is 47.8 Å². The Hall–Kier alpha value is -1.88. The molecule has 1 aromatic carbocycles. The zero-order valence-electron chi connectivity index (χ0n) is 10.5. The second kappa shape index (κ2) is 5.01. The Bertz CT molecular complexity index is 603. The van der Waals surface area contributed by atoms with Crippen LogP contribution in [0, 0.1) is 0 Å². The van der Waals surface area contributed by atoms with Gasteiger partial charge in [0.25, 0.3) is 5.91 Å². The SMILES string of the molecule is CC1CSc2ccccc2N1C(=O)c1cnccn1. The molecule has 0 radical (unpaired) electrons. The van der Waals surface area contributed by atoms with E-state index in [1.165, 1.54) is 6.20 Å². The predicted octanol–water partition coefficient (Wildman–Crippen LogP) is 2.62. The van der Waals surface area contributed by atoms with Gasteiger partial charge in [-0.1, -0.05) is 12.1 Å². The summed E-state index contributed by atoms with van der Waals surface area (Å²) in [4.78, 5) is 23.6. The van der Waals surface area contributed by atoms with Crippen molar-refractivity contribution in [1.82, 2.24) is 9.97 Å². The fourth-order valence-corrected chi connectivity index (χ4v) is 3.20. The van der Waals surface area contributed by atoms with Crippen molar-refractivity contribution in [2.24, 2.45) is 0 Å². The third kappa shape index (κ3) is 2.21. The van der Waals surface area contributed by atoms with Gasteiger partial charge in [0.15, 0.2) is 0 Å². The van der Waals surface area contributed by atoms with Crippen molar-refractivity contribution in [3.63, 3.8) is 0 Å². The highest BCUT2D eigenvalue weighted by atomic mass is 32.2. The van der Waals surface area contributed by atoms with Gasteiger partial charge >= 0.3 is 0 Å². The van der Waals surface area contributed by atoms with Crippen LogP contribution in [0.25, 0.3) is 0 Å². The van der Waals surface area contributed by atoms with E-state index in [4.69, 9.17) is 0 Å². The molecule has 0 saturated heterocycles. The van der Waals surface area contributed by atoms with E-state index >= 15 is 0 Å². The van der Waals surface area contributed by atoms with Crippen LogP contribution in [0.4, 0.5) is 5.69 Å². The molecular formula is C14H13N3OS. The number of nitrogens with zero attached hydrogens (tertiary/aromatic N) is 3. The maximum Gasteiger partial charge on any atom is 0.278 e. The van der Waals surface area contributed by atoms with Crippen LogP contribution >= 0.6 is 11.8 Å². The van der Waals surface area contributed by atoms with Crippen LogP contribution < -0.4 is 4.90 Å². The minimum absolute atomic E-state index is 0.0895. The van der Waals surface area contributed by atoms with Crippen molar-refractivity contribution in [3.05, 3.63) is 48.5 Å². The minimum atomic E-state index is -0.0895. The Morgan fingerprint density at radius 3 is 3.00 bits per heavy atom. The molecule has 0 bridgehead atoms. The lowest BCUT2D eigenvalue weighted by atomic mass is 10.2. The molecule has 1 aliphatic rings. The molecule has 2 aromatic rings. The molecule has 96 valence electrons. The number of amides is 1. The molecule has 3 rings (SSSR count). The normalized spacial score (nSPS) is 17.9. The van der Waals surface area contributed by atoms with E-state index < -0.39 is 0 Å². The Morgan fingerprint density at radius 2 is 2.21 bits per heavy atom. The lowest BCUT2D eigenvalue weighted by Crippen LogP contribution is -2.42. The van der Waals surface area contributed by atoms with Crippen molar-refractivity contribution in [3.8, 4) is 0 Å². The second-order valence-corrected chi connectivity index (χ2v) is 5.46. The largest absolute Gasteiger partial charge is 0.302 e. The summed E-state index contributed by atoms with van der Waals surface area (Å²) in [6.45, 7) is 2.05. The van der Waals surface area contributed by atoms with E-state index in [-0.39, 0.29) is 11.9 Å². The lowest BCUT2D eigenvalue weighted by Gasteiger charge is -2.34. The number of hydrogen-bond donors (Lipinski definition) is 0. The van der Waals surface area contributed by atoms with E-state index in [0.29, 0.717) is 5.69 Å². The van der Waals surface area contributed by atoms with Gasteiger partial charge in [-0.2, -0.15) is 0 Å². The smallest absolute Gasteiger partial charge is 0.278 e. The summed E-state index contributed by atoms with van der Waals surface area (Å²) in [5.74, 6) is 0.802. The molecule has 5 heteroatoms. The molecule has 0 spiro atoms. The molecule has 0 fully saturated rings. The van der Waals surface area contributed by atoms with Crippen molar-refractivity contribution >= 4 is 23.4 Å². The third-order valence-corrected chi connectivity index (χ3v) is 4.35. The average molecular weight is 271 g/mol. The van der Waals surface area contributed by atoms with Gasteiger partial charge in [-0.15, -0.1) is 11.8 Å². The Kier molecular flexibility index (Phi) is 3.21. The maximum atomic E-state index is 12.6. The monoisotopic (exact) mass is 271 g/mol. The van der Waals surface area contributed by atoms with Crippen molar-refractivity contribution in [2.75, 3.05) is 10.7 Å². The fourth-order valence-electron chi connectivity index (χ4n) is 2.14. The highest BCUT2D eigenvalue weighted by Crippen LogP contribution is 2.37. The van der Waals surface area contributed by atoms with Crippen LogP contribution in [0.3, 0.4) is 0 Å². The van der Waals surface area contributed by atoms with Crippen LogP contribution in [-0.2, 0) is 0 Å². The van der Waals surface area contributed by atoms with Crippen molar-refractivity contribution in [2.45, 2.75) is 17.9 Å². The van der Waals surface area contributed by atoms with Crippen LogP contribution in [0.2, 0.25) is 0 Å². The molecule has 19 heavy (non-hydrogen) atoms. The maximum absolute atomic E-state index is 12.6. The average Bonchev–Trinajstić information content (AvgIpc) is 2.47. The number of fused-ring (bicyclic) bond motifs is 1. The van der Waals surface area contributed by atoms with Gasteiger partial charge < -0.3 is 4.90 Å². The molecule has 0 aliphatic carbocycles. The zero-order chi connectivity index (χ0) is 13.2. The first-order valence-electron chi connectivity index (χ1n) is 6.09. The molecule has 2 heterocycles. The topological polar surface area (TPSA) is 46.1 Å². The number of anilines is 1. The Labute approximate surface area is 115 Å². The number of carbonyl (C=O) groups excluding carboxylic acids is 1. The van der Waals surface area contributed by atoms with Gasteiger partial charge in [0.1, 0.15) is 5.69 Å². The standard InChI is InChI=1S/C14H13N3OS/c1-10-9-19-13-5-3-2-4-12(13)17(10)14(18)11-8-15-6-7-16-11/h2-8,10H,9H2,1H3. The summed E-state index contributed by atoms with van der Waals surface area (Å²) in [5, 5.41) is 0. The molecule has 1 aliphatic heterocycles. The van der Waals surface area contributed by atoms with Gasteiger partial charge in [-0.3, -0.25) is 9.78 Å². The molecule has 1 unspecified atom stereocenters. The zero-order valence-corrected chi connectivity index (χ0v) is 11.3. The first-order valence-corrected chi connectivity index (χ1v) is 7.07. The highest BCUT2D eigenvalue weighted by Gasteiger charge is 2.29. The number of para-hydroxylation sites is 1.